The molecular formula is C26H24N6O3. The molecule has 0 bridgehead atoms. The lowest BCUT2D eigenvalue weighted by molar-refractivity contribution is 0.393. The molecule has 9 heteroatoms. The number of hydrogen-bond donors (Lipinski definition) is 1. The molecule has 0 aliphatic heterocycles. The van der Waals surface area contributed by atoms with Gasteiger partial charge in [0.15, 0.2) is 17.4 Å². The Hall–Kier alpha value is -4.66. The van der Waals surface area contributed by atoms with Crippen molar-refractivity contribution in [3.8, 4) is 28.8 Å². The van der Waals surface area contributed by atoms with Crippen molar-refractivity contribution in [2.24, 2.45) is 0 Å². The van der Waals surface area contributed by atoms with Gasteiger partial charge < -0.3 is 19.5 Å². The average Bonchev–Trinajstić information content (AvgIpc) is 3.27. The predicted octanol–water partition coefficient (Wildman–Crippen LogP) is 4.71. The topological polar surface area (TPSA) is 96.2 Å². The van der Waals surface area contributed by atoms with Gasteiger partial charge >= 0.3 is 0 Å². The third kappa shape index (κ3) is 4.56. The summed E-state index contributed by atoms with van der Waals surface area (Å²) in [6, 6.07) is 17.5. The summed E-state index contributed by atoms with van der Waals surface area (Å²) in [5, 5.41) is 9.12. The van der Waals surface area contributed by atoms with Gasteiger partial charge in [-0.3, -0.25) is 9.67 Å². The molecule has 9 nitrogen and oxygen atoms in total. The van der Waals surface area contributed by atoms with Crippen molar-refractivity contribution in [2.45, 2.75) is 6.54 Å². The van der Waals surface area contributed by atoms with Gasteiger partial charge in [0.1, 0.15) is 17.2 Å². The molecule has 0 aliphatic carbocycles. The molecule has 0 spiro atoms. The van der Waals surface area contributed by atoms with Gasteiger partial charge in [0.25, 0.3) is 0 Å². The predicted molar refractivity (Wildman–Crippen MR) is 133 cm³/mol. The van der Waals surface area contributed by atoms with Gasteiger partial charge in [0.05, 0.1) is 39.6 Å². The molecule has 0 radical (unpaired) electrons. The number of nitrogens with one attached hydrogen (secondary N) is 1. The van der Waals surface area contributed by atoms with Crippen LogP contribution in [-0.4, -0.2) is 46.1 Å². The average molecular weight is 469 g/mol. The van der Waals surface area contributed by atoms with Crippen LogP contribution in [0.5, 0.6) is 17.2 Å². The van der Waals surface area contributed by atoms with Crippen molar-refractivity contribution >= 4 is 22.4 Å². The van der Waals surface area contributed by atoms with Crippen LogP contribution in [0, 0.1) is 0 Å². The molecule has 0 aliphatic rings. The minimum atomic E-state index is 0.487. The van der Waals surface area contributed by atoms with E-state index in [1.807, 2.05) is 59.3 Å². The Morgan fingerprint density at radius 3 is 2.34 bits per heavy atom. The molecule has 176 valence electrons. The van der Waals surface area contributed by atoms with Gasteiger partial charge in [-0.15, -0.1) is 0 Å². The van der Waals surface area contributed by atoms with E-state index < -0.39 is 0 Å². The first-order valence-electron chi connectivity index (χ1n) is 10.9. The number of methoxy groups -OCH3 is 3. The number of pyridine rings is 1. The zero-order valence-corrected chi connectivity index (χ0v) is 19.6. The summed E-state index contributed by atoms with van der Waals surface area (Å²) >= 11 is 0. The van der Waals surface area contributed by atoms with Crippen LogP contribution in [0.25, 0.3) is 22.4 Å². The van der Waals surface area contributed by atoms with E-state index >= 15 is 0 Å². The second kappa shape index (κ2) is 9.68. The minimum absolute atomic E-state index is 0.487. The normalized spacial score (nSPS) is 10.8. The number of hydrogen-bond acceptors (Lipinski definition) is 8. The molecule has 0 saturated carbocycles. The molecule has 35 heavy (non-hydrogen) atoms. The fourth-order valence-electron chi connectivity index (χ4n) is 3.84. The van der Waals surface area contributed by atoms with Crippen molar-refractivity contribution in [1.82, 2.24) is 24.7 Å². The van der Waals surface area contributed by atoms with E-state index in [9.17, 15) is 0 Å². The van der Waals surface area contributed by atoms with Gasteiger partial charge in [-0.1, -0.05) is 18.2 Å². The number of para-hydroxylation sites is 1. The first kappa shape index (κ1) is 22.1. The van der Waals surface area contributed by atoms with Crippen molar-refractivity contribution in [2.75, 3.05) is 26.6 Å². The summed E-state index contributed by atoms with van der Waals surface area (Å²) < 4.78 is 18.3. The highest BCUT2D eigenvalue weighted by Gasteiger charge is 2.17. The van der Waals surface area contributed by atoms with Crippen molar-refractivity contribution in [1.29, 1.82) is 0 Å². The first-order valence-corrected chi connectivity index (χ1v) is 10.9. The van der Waals surface area contributed by atoms with Crippen molar-refractivity contribution in [3.05, 3.63) is 78.8 Å². The van der Waals surface area contributed by atoms with Crippen molar-refractivity contribution in [3.63, 3.8) is 0 Å². The fourth-order valence-corrected chi connectivity index (χ4v) is 3.84. The molecule has 5 aromatic rings. The Labute approximate surface area is 202 Å². The van der Waals surface area contributed by atoms with E-state index in [0.29, 0.717) is 29.6 Å². The standard InChI is InChI=1S/C26H24N6O3/c1-33-19-12-17(13-20(14-19)34-2)16-32-22-7-5-4-6-21(22)24(31-32)26-28-15-23(35-3)25(30-26)29-18-8-10-27-11-9-18/h4-15H,16H2,1-3H3,(H,27,28,29,30). The maximum atomic E-state index is 5.47. The molecular weight excluding hydrogens is 444 g/mol. The van der Waals surface area contributed by atoms with Crippen LogP contribution >= 0.6 is 0 Å². The highest BCUT2D eigenvalue weighted by molar-refractivity contribution is 5.92. The molecule has 0 fully saturated rings. The van der Waals surface area contributed by atoms with E-state index in [-0.39, 0.29) is 0 Å². The van der Waals surface area contributed by atoms with E-state index in [2.05, 4.69) is 15.3 Å². The molecule has 3 aromatic heterocycles. The van der Waals surface area contributed by atoms with Crippen molar-refractivity contribution < 1.29 is 14.2 Å². The number of nitrogens with zero attached hydrogens (tertiary/aromatic N) is 5. The molecule has 5 rings (SSSR count). The number of fused-ring (bicyclic) bond motifs is 1. The molecule has 2 aromatic carbocycles. The maximum Gasteiger partial charge on any atom is 0.183 e. The maximum absolute atomic E-state index is 5.47. The second-order valence-electron chi connectivity index (χ2n) is 7.72. The summed E-state index contributed by atoms with van der Waals surface area (Å²) in [5.41, 5.74) is 3.48. The Bertz CT molecular complexity index is 1450. The Balaban J connectivity index is 1.57. The minimum Gasteiger partial charge on any atom is -0.497 e. The fraction of sp³-hybridized carbons (Fsp3) is 0.154. The van der Waals surface area contributed by atoms with Crippen LogP contribution in [0.3, 0.4) is 0 Å². The van der Waals surface area contributed by atoms with Crippen LogP contribution in [-0.2, 0) is 6.54 Å². The zero-order chi connectivity index (χ0) is 24.2. The summed E-state index contributed by atoms with van der Waals surface area (Å²) in [7, 11) is 4.86. The zero-order valence-electron chi connectivity index (χ0n) is 19.6. The second-order valence-corrected chi connectivity index (χ2v) is 7.72. The third-order valence-corrected chi connectivity index (χ3v) is 5.53. The quantitative estimate of drug-likeness (QED) is 0.350. The molecule has 0 atom stereocenters. The Kier molecular flexibility index (Phi) is 6.13. The van der Waals surface area contributed by atoms with Gasteiger partial charge in [-0.2, -0.15) is 5.10 Å². The Morgan fingerprint density at radius 2 is 1.63 bits per heavy atom. The molecule has 1 N–H and O–H groups in total. The Morgan fingerprint density at radius 1 is 0.886 bits per heavy atom. The number of benzene rings is 2. The van der Waals surface area contributed by atoms with Crippen LogP contribution in [0.4, 0.5) is 11.5 Å². The van der Waals surface area contributed by atoms with Gasteiger partial charge in [0, 0.05) is 29.5 Å². The lowest BCUT2D eigenvalue weighted by Gasteiger charge is -2.10. The summed E-state index contributed by atoms with van der Waals surface area (Å²) in [6.07, 6.45) is 5.06. The van der Waals surface area contributed by atoms with Crippen LogP contribution in [0.1, 0.15) is 5.56 Å². The van der Waals surface area contributed by atoms with E-state index in [1.165, 1.54) is 0 Å². The first-order chi connectivity index (χ1) is 17.2. The van der Waals surface area contributed by atoms with E-state index in [0.717, 1.165) is 33.7 Å². The summed E-state index contributed by atoms with van der Waals surface area (Å²) in [4.78, 5) is 13.3. The summed E-state index contributed by atoms with van der Waals surface area (Å²) in [6.45, 7) is 0.520. The number of anilines is 2. The lowest BCUT2D eigenvalue weighted by Crippen LogP contribution is -2.04. The van der Waals surface area contributed by atoms with Crippen LogP contribution < -0.4 is 19.5 Å². The number of rotatable bonds is 8. The van der Waals surface area contributed by atoms with Gasteiger partial charge in [-0.25, -0.2) is 9.97 Å². The van der Waals surface area contributed by atoms with Crippen LogP contribution in [0.2, 0.25) is 0 Å². The number of ether oxygens (including phenoxy) is 3. The SMILES string of the molecule is COc1cc(Cn2nc(-c3ncc(OC)c(Nc4ccncc4)n3)c3ccccc32)cc(OC)c1. The largest absolute Gasteiger partial charge is 0.497 e. The van der Waals surface area contributed by atoms with Gasteiger partial charge in [0.2, 0.25) is 0 Å². The van der Waals surface area contributed by atoms with Gasteiger partial charge in [-0.05, 0) is 35.9 Å². The smallest absolute Gasteiger partial charge is 0.183 e. The van der Waals surface area contributed by atoms with Crippen LogP contribution in [0.15, 0.2) is 73.2 Å². The highest BCUT2D eigenvalue weighted by atomic mass is 16.5. The summed E-state index contributed by atoms with van der Waals surface area (Å²) in [5.74, 6) is 3.00. The van der Waals surface area contributed by atoms with E-state index in [4.69, 9.17) is 24.3 Å². The molecule has 3 heterocycles. The molecule has 0 amide bonds. The molecule has 0 saturated heterocycles. The molecule has 0 unspecified atom stereocenters. The number of aromatic nitrogens is 5. The van der Waals surface area contributed by atoms with E-state index in [1.54, 1.807) is 39.9 Å². The highest BCUT2D eigenvalue weighted by Crippen LogP contribution is 2.31. The lowest BCUT2D eigenvalue weighted by atomic mass is 10.2. The monoisotopic (exact) mass is 468 g/mol. The third-order valence-electron chi connectivity index (χ3n) is 5.53.